The van der Waals surface area contributed by atoms with Crippen LogP contribution in [0.4, 0.5) is 4.39 Å². The molecule has 2 aromatic rings. The number of ketones is 2. The van der Waals surface area contributed by atoms with Crippen LogP contribution in [-0.4, -0.2) is 30.1 Å². The first-order valence-electron chi connectivity index (χ1n) is 12.5. The van der Waals surface area contributed by atoms with E-state index in [1.165, 1.54) is 6.07 Å². The molecule has 0 unspecified atom stereocenters. The number of Topliss-reactive ketones (excluding diaryl/α,β-unsaturated/α-hetero) is 2. The molecule has 0 saturated carbocycles. The Kier molecular flexibility index (Phi) is 6.89. The van der Waals surface area contributed by atoms with Crippen LogP contribution in [0.1, 0.15) is 62.5 Å². The van der Waals surface area contributed by atoms with Crippen molar-refractivity contribution >= 4 is 23.2 Å². The van der Waals surface area contributed by atoms with Gasteiger partial charge < -0.3 is 14.4 Å². The van der Waals surface area contributed by atoms with Gasteiger partial charge in [-0.05, 0) is 56.4 Å². The summed E-state index contributed by atoms with van der Waals surface area (Å²) in [6, 6.07) is 9.98. The summed E-state index contributed by atoms with van der Waals surface area (Å²) in [5.41, 5.74) is 4.52. The molecule has 36 heavy (non-hydrogen) atoms. The highest BCUT2D eigenvalue weighted by Gasteiger charge is 2.42. The van der Waals surface area contributed by atoms with Crippen molar-refractivity contribution in [3.8, 4) is 11.5 Å². The molecule has 2 aromatic carbocycles. The second-order valence-corrected chi connectivity index (χ2v) is 9.82. The topological polar surface area (TPSA) is 55.8 Å². The molecular formula is C29H29ClFNO4. The van der Waals surface area contributed by atoms with Crippen LogP contribution in [0.3, 0.4) is 0 Å². The van der Waals surface area contributed by atoms with Gasteiger partial charge in [-0.25, -0.2) is 4.39 Å². The Morgan fingerprint density at radius 2 is 1.61 bits per heavy atom. The van der Waals surface area contributed by atoms with Gasteiger partial charge in [0, 0.05) is 53.9 Å². The summed E-state index contributed by atoms with van der Waals surface area (Å²) in [5.74, 6) is 0.0288. The first-order valence-corrected chi connectivity index (χ1v) is 12.9. The lowest BCUT2D eigenvalue weighted by atomic mass is 9.71. The van der Waals surface area contributed by atoms with E-state index in [2.05, 4.69) is 4.90 Å². The minimum atomic E-state index is -0.482. The number of rotatable bonds is 6. The molecule has 0 spiro atoms. The average molecular weight is 510 g/mol. The molecule has 0 fully saturated rings. The van der Waals surface area contributed by atoms with Gasteiger partial charge in [0.1, 0.15) is 12.4 Å². The Hall–Kier alpha value is -3.12. The van der Waals surface area contributed by atoms with Crippen LogP contribution in [0.15, 0.2) is 58.9 Å². The zero-order valence-corrected chi connectivity index (χ0v) is 21.3. The molecule has 1 heterocycles. The summed E-state index contributed by atoms with van der Waals surface area (Å²) in [6.45, 7) is 2.21. The lowest BCUT2D eigenvalue weighted by Crippen LogP contribution is -2.37. The van der Waals surface area contributed by atoms with Gasteiger partial charge in [0.05, 0.1) is 11.6 Å². The average Bonchev–Trinajstić information content (AvgIpc) is 2.86. The molecular weight excluding hydrogens is 481 g/mol. The van der Waals surface area contributed by atoms with Gasteiger partial charge in [0.2, 0.25) is 0 Å². The van der Waals surface area contributed by atoms with Crippen LogP contribution in [-0.2, 0) is 16.2 Å². The van der Waals surface area contributed by atoms with Crippen molar-refractivity contribution in [2.45, 2.75) is 58.0 Å². The molecule has 7 heteroatoms. The molecule has 0 N–H and O–H groups in total. The molecule has 0 saturated heterocycles. The van der Waals surface area contributed by atoms with Crippen molar-refractivity contribution in [1.29, 1.82) is 0 Å². The Balaban J connectivity index is 1.60. The SMILES string of the molecule is CCOc1cc(C2C3=C(CCCC3=O)N(C)C3=C2C(=O)CCC3)cc(Cl)c1OCc1ccccc1F. The molecule has 5 rings (SSSR count). The normalized spacial score (nSPS) is 18.4. The summed E-state index contributed by atoms with van der Waals surface area (Å²) in [6.07, 6.45) is 4.15. The maximum atomic E-state index is 14.1. The Bertz CT molecular complexity index is 1250. The number of ether oxygens (including phenoxy) is 2. The predicted molar refractivity (Wildman–Crippen MR) is 136 cm³/mol. The molecule has 0 bridgehead atoms. The van der Waals surface area contributed by atoms with Crippen molar-refractivity contribution in [2.75, 3.05) is 13.7 Å². The number of allylic oxidation sites excluding steroid dienone is 4. The molecule has 1 aliphatic heterocycles. The van der Waals surface area contributed by atoms with E-state index in [0.717, 1.165) is 42.6 Å². The smallest absolute Gasteiger partial charge is 0.180 e. The summed E-state index contributed by atoms with van der Waals surface area (Å²) in [5, 5.41) is 0.294. The van der Waals surface area contributed by atoms with E-state index in [-0.39, 0.29) is 24.0 Å². The lowest BCUT2D eigenvalue weighted by molar-refractivity contribution is -0.117. The van der Waals surface area contributed by atoms with Crippen LogP contribution in [0.2, 0.25) is 5.02 Å². The Labute approximate surface area is 215 Å². The van der Waals surface area contributed by atoms with E-state index in [1.54, 1.807) is 24.3 Å². The second kappa shape index (κ2) is 10.1. The first kappa shape index (κ1) is 24.6. The first-order chi connectivity index (χ1) is 17.4. The van der Waals surface area contributed by atoms with Crippen molar-refractivity contribution in [1.82, 2.24) is 4.90 Å². The molecule has 0 atom stereocenters. The lowest BCUT2D eigenvalue weighted by Gasteiger charge is -2.42. The maximum Gasteiger partial charge on any atom is 0.180 e. The summed E-state index contributed by atoms with van der Waals surface area (Å²) in [4.78, 5) is 28.6. The van der Waals surface area contributed by atoms with E-state index in [0.29, 0.717) is 52.7 Å². The highest BCUT2D eigenvalue weighted by molar-refractivity contribution is 6.32. The fourth-order valence-electron chi connectivity index (χ4n) is 5.61. The van der Waals surface area contributed by atoms with Crippen molar-refractivity contribution < 1.29 is 23.5 Å². The zero-order chi connectivity index (χ0) is 25.4. The molecule has 0 radical (unpaired) electrons. The molecule has 3 aliphatic rings. The van der Waals surface area contributed by atoms with Crippen LogP contribution >= 0.6 is 11.6 Å². The summed E-state index contributed by atoms with van der Waals surface area (Å²) in [7, 11) is 1.97. The molecule has 0 amide bonds. The number of carbonyl (C=O) groups excluding carboxylic acids is 2. The third kappa shape index (κ3) is 4.32. The molecule has 188 valence electrons. The van der Waals surface area contributed by atoms with Gasteiger partial charge in [-0.1, -0.05) is 29.8 Å². The van der Waals surface area contributed by atoms with E-state index in [1.807, 2.05) is 20.0 Å². The van der Waals surface area contributed by atoms with Crippen molar-refractivity contribution in [3.05, 3.63) is 80.9 Å². The van der Waals surface area contributed by atoms with Crippen LogP contribution in [0.5, 0.6) is 11.5 Å². The quantitative estimate of drug-likeness (QED) is 0.445. The maximum absolute atomic E-state index is 14.1. The summed E-state index contributed by atoms with van der Waals surface area (Å²) >= 11 is 6.74. The number of hydrogen-bond donors (Lipinski definition) is 0. The van der Waals surface area contributed by atoms with Gasteiger partial charge in [0.25, 0.3) is 0 Å². The van der Waals surface area contributed by atoms with Crippen molar-refractivity contribution in [2.24, 2.45) is 0 Å². The number of carbonyl (C=O) groups is 2. The van der Waals surface area contributed by atoms with Crippen LogP contribution in [0.25, 0.3) is 0 Å². The van der Waals surface area contributed by atoms with Gasteiger partial charge in [-0.3, -0.25) is 9.59 Å². The number of benzene rings is 2. The van der Waals surface area contributed by atoms with Gasteiger partial charge >= 0.3 is 0 Å². The third-order valence-electron chi connectivity index (χ3n) is 7.24. The van der Waals surface area contributed by atoms with Gasteiger partial charge in [-0.15, -0.1) is 0 Å². The Morgan fingerprint density at radius 3 is 2.22 bits per heavy atom. The molecule has 0 aromatic heterocycles. The highest BCUT2D eigenvalue weighted by Crippen LogP contribution is 2.50. The van der Waals surface area contributed by atoms with Crippen molar-refractivity contribution in [3.63, 3.8) is 0 Å². The van der Waals surface area contributed by atoms with E-state index >= 15 is 0 Å². The molecule has 5 nitrogen and oxygen atoms in total. The summed E-state index contributed by atoms with van der Waals surface area (Å²) < 4.78 is 26.0. The van der Waals surface area contributed by atoms with Gasteiger partial charge in [-0.2, -0.15) is 0 Å². The number of hydrogen-bond acceptors (Lipinski definition) is 5. The number of halogens is 2. The largest absolute Gasteiger partial charge is 0.490 e. The van der Waals surface area contributed by atoms with Gasteiger partial charge in [0.15, 0.2) is 23.1 Å². The standard InChI is InChI=1S/C29H29ClFNO4/c1-3-35-25-15-18(14-19(30)29(25)36-16-17-8-4-5-9-20(17)31)26-27-21(10-6-12-23(27)33)32(2)22-11-7-13-24(34)28(22)26/h4-5,8-9,14-15,26H,3,6-7,10-13,16H2,1-2H3. The molecule has 2 aliphatic carbocycles. The minimum Gasteiger partial charge on any atom is -0.490 e. The second-order valence-electron chi connectivity index (χ2n) is 9.41. The highest BCUT2D eigenvalue weighted by atomic mass is 35.5. The van der Waals surface area contributed by atoms with Crippen LogP contribution < -0.4 is 9.47 Å². The van der Waals surface area contributed by atoms with Crippen LogP contribution in [0, 0.1) is 5.82 Å². The minimum absolute atomic E-state index is 0.0123. The fraction of sp³-hybridized carbons (Fsp3) is 0.379. The Morgan fingerprint density at radius 1 is 0.972 bits per heavy atom. The van der Waals surface area contributed by atoms with E-state index in [9.17, 15) is 14.0 Å². The monoisotopic (exact) mass is 509 g/mol. The fourth-order valence-corrected chi connectivity index (χ4v) is 5.88. The number of nitrogens with zero attached hydrogens (tertiary/aromatic N) is 1. The predicted octanol–water partition coefficient (Wildman–Crippen LogP) is 6.50. The zero-order valence-electron chi connectivity index (χ0n) is 20.5. The van der Waals surface area contributed by atoms with E-state index < -0.39 is 5.92 Å². The third-order valence-corrected chi connectivity index (χ3v) is 7.52. The van der Waals surface area contributed by atoms with E-state index in [4.69, 9.17) is 21.1 Å².